The highest BCUT2D eigenvalue weighted by Crippen LogP contribution is 2.36. The topological polar surface area (TPSA) is 69.6 Å². The standard InChI is InChI=1S/C10H18O4/c1-7(9(12)13)10(2)5-3-8(14-10)4-6-11/h7-8,11H,3-6H2,1-2H3,(H,12,13)/p-1. The molecule has 0 radical (unpaired) electrons. The lowest BCUT2D eigenvalue weighted by molar-refractivity contribution is -0.316. The number of ether oxygens (including phenoxy) is 1. The number of rotatable bonds is 4. The molecule has 0 aromatic carbocycles. The van der Waals surface area contributed by atoms with Gasteiger partial charge in [0.2, 0.25) is 0 Å². The highest BCUT2D eigenvalue weighted by molar-refractivity contribution is 5.68. The van der Waals surface area contributed by atoms with Crippen LogP contribution in [0.5, 0.6) is 0 Å². The Kier molecular flexibility index (Phi) is 3.50. The Labute approximate surface area is 83.9 Å². The molecule has 0 aromatic heterocycles. The van der Waals surface area contributed by atoms with Crippen molar-refractivity contribution in [2.75, 3.05) is 6.61 Å². The maximum atomic E-state index is 10.7. The largest absolute Gasteiger partial charge is 0.550 e. The Morgan fingerprint density at radius 2 is 2.43 bits per heavy atom. The minimum absolute atomic E-state index is 0.00759. The first-order valence-corrected chi connectivity index (χ1v) is 4.99. The minimum atomic E-state index is -1.07. The van der Waals surface area contributed by atoms with Gasteiger partial charge in [-0.05, 0) is 26.2 Å². The molecule has 1 N–H and O–H groups in total. The number of carboxylic acids is 1. The van der Waals surface area contributed by atoms with Crippen LogP contribution in [0.15, 0.2) is 0 Å². The van der Waals surface area contributed by atoms with Crippen molar-refractivity contribution in [3.63, 3.8) is 0 Å². The van der Waals surface area contributed by atoms with Gasteiger partial charge in [0.1, 0.15) is 0 Å². The van der Waals surface area contributed by atoms with E-state index >= 15 is 0 Å². The third kappa shape index (κ3) is 2.25. The molecule has 4 nitrogen and oxygen atoms in total. The SMILES string of the molecule is CC(C(=O)[O-])C1(C)CCC(CCO)O1. The monoisotopic (exact) mass is 201 g/mol. The summed E-state index contributed by atoms with van der Waals surface area (Å²) >= 11 is 0. The van der Waals surface area contributed by atoms with Crippen LogP contribution in [0.25, 0.3) is 0 Å². The van der Waals surface area contributed by atoms with Crippen molar-refractivity contribution in [1.82, 2.24) is 0 Å². The third-order valence-electron chi connectivity index (χ3n) is 3.12. The second-order valence-corrected chi connectivity index (χ2v) is 4.14. The van der Waals surface area contributed by atoms with Crippen LogP contribution in [0, 0.1) is 5.92 Å². The van der Waals surface area contributed by atoms with Crippen LogP contribution in [0.3, 0.4) is 0 Å². The van der Waals surface area contributed by atoms with Gasteiger partial charge in [0.05, 0.1) is 11.7 Å². The summed E-state index contributed by atoms with van der Waals surface area (Å²) in [6.45, 7) is 3.49. The number of carbonyl (C=O) groups is 1. The number of aliphatic hydroxyl groups excluding tert-OH is 1. The van der Waals surface area contributed by atoms with Gasteiger partial charge in [-0.2, -0.15) is 0 Å². The fourth-order valence-corrected chi connectivity index (χ4v) is 1.86. The minimum Gasteiger partial charge on any atom is -0.550 e. The molecular formula is C10H17O4-. The molecule has 0 aromatic rings. The van der Waals surface area contributed by atoms with E-state index in [0.29, 0.717) is 12.8 Å². The van der Waals surface area contributed by atoms with Crippen LogP contribution >= 0.6 is 0 Å². The molecule has 1 aliphatic heterocycles. The van der Waals surface area contributed by atoms with E-state index in [9.17, 15) is 9.90 Å². The van der Waals surface area contributed by atoms with Crippen molar-refractivity contribution in [3.05, 3.63) is 0 Å². The van der Waals surface area contributed by atoms with Gasteiger partial charge >= 0.3 is 0 Å². The first-order valence-electron chi connectivity index (χ1n) is 4.99. The van der Waals surface area contributed by atoms with Gasteiger partial charge < -0.3 is 19.7 Å². The summed E-state index contributed by atoms with van der Waals surface area (Å²) < 4.78 is 5.63. The van der Waals surface area contributed by atoms with Crippen molar-refractivity contribution in [1.29, 1.82) is 0 Å². The average Bonchev–Trinajstić information content (AvgIpc) is 2.48. The Balaban J connectivity index is 2.56. The number of carboxylic acid groups (broad SMARTS) is 1. The van der Waals surface area contributed by atoms with Crippen LogP contribution in [-0.2, 0) is 9.53 Å². The molecule has 1 rings (SSSR count). The van der Waals surface area contributed by atoms with Gasteiger partial charge in [-0.15, -0.1) is 0 Å². The van der Waals surface area contributed by atoms with E-state index in [1.54, 1.807) is 13.8 Å². The highest BCUT2D eigenvalue weighted by Gasteiger charge is 2.40. The zero-order valence-electron chi connectivity index (χ0n) is 8.66. The Hall–Kier alpha value is -0.610. The maximum absolute atomic E-state index is 10.7. The number of aliphatic hydroxyl groups is 1. The zero-order chi connectivity index (χ0) is 10.8. The van der Waals surface area contributed by atoms with E-state index in [2.05, 4.69) is 0 Å². The second-order valence-electron chi connectivity index (χ2n) is 4.14. The van der Waals surface area contributed by atoms with E-state index < -0.39 is 17.5 Å². The van der Waals surface area contributed by atoms with E-state index in [-0.39, 0.29) is 12.7 Å². The molecule has 82 valence electrons. The Morgan fingerprint density at radius 3 is 2.93 bits per heavy atom. The summed E-state index contributed by atoms with van der Waals surface area (Å²) in [5.41, 5.74) is -0.626. The maximum Gasteiger partial charge on any atom is 0.0736 e. The number of hydrogen-bond donors (Lipinski definition) is 1. The number of carbonyl (C=O) groups excluding carboxylic acids is 1. The molecule has 1 aliphatic rings. The summed E-state index contributed by atoms with van der Waals surface area (Å²) in [6, 6.07) is 0. The van der Waals surface area contributed by atoms with Crippen LogP contribution in [0.4, 0.5) is 0 Å². The highest BCUT2D eigenvalue weighted by atomic mass is 16.5. The molecule has 3 unspecified atom stereocenters. The molecule has 0 bridgehead atoms. The first-order chi connectivity index (χ1) is 6.49. The molecule has 1 fully saturated rings. The van der Waals surface area contributed by atoms with E-state index in [0.717, 1.165) is 6.42 Å². The second kappa shape index (κ2) is 4.28. The van der Waals surface area contributed by atoms with Crippen LogP contribution in [-0.4, -0.2) is 29.4 Å². The van der Waals surface area contributed by atoms with E-state index in [4.69, 9.17) is 9.84 Å². The van der Waals surface area contributed by atoms with Crippen molar-refractivity contribution >= 4 is 5.97 Å². The molecule has 14 heavy (non-hydrogen) atoms. The van der Waals surface area contributed by atoms with Gasteiger partial charge in [0, 0.05) is 18.5 Å². The fourth-order valence-electron chi connectivity index (χ4n) is 1.86. The van der Waals surface area contributed by atoms with Gasteiger partial charge in [-0.3, -0.25) is 0 Å². The molecular weight excluding hydrogens is 184 g/mol. The van der Waals surface area contributed by atoms with Crippen molar-refractivity contribution < 1.29 is 19.7 Å². The lowest BCUT2D eigenvalue weighted by Crippen LogP contribution is -2.44. The third-order valence-corrected chi connectivity index (χ3v) is 3.12. The van der Waals surface area contributed by atoms with Crippen LogP contribution in [0.1, 0.15) is 33.1 Å². The summed E-state index contributed by atoms with van der Waals surface area (Å²) in [6.07, 6.45) is 2.10. The van der Waals surface area contributed by atoms with Gasteiger partial charge in [-0.25, -0.2) is 0 Å². The van der Waals surface area contributed by atoms with Gasteiger partial charge in [0.25, 0.3) is 0 Å². The molecule has 0 spiro atoms. The number of aliphatic carboxylic acids is 1. The van der Waals surface area contributed by atoms with Crippen molar-refractivity contribution in [3.8, 4) is 0 Å². The first kappa shape index (κ1) is 11.5. The van der Waals surface area contributed by atoms with E-state index in [1.807, 2.05) is 0 Å². The lowest BCUT2D eigenvalue weighted by atomic mass is 9.88. The predicted octanol–water partition coefficient (Wildman–Crippen LogP) is -0.308. The summed E-state index contributed by atoms with van der Waals surface area (Å²) in [5.74, 6) is -1.68. The predicted molar refractivity (Wildman–Crippen MR) is 48.4 cm³/mol. The van der Waals surface area contributed by atoms with Crippen molar-refractivity contribution in [2.45, 2.75) is 44.8 Å². The van der Waals surface area contributed by atoms with E-state index in [1.165, 1.54) is 0 Å². The molecule has 4 heteroatoms. The quantitative estimate of drug-likeness (QED) is 0.677. The zero-order valence-corrected chi connectivity index (χ0v) is 8.66. The molecule has 3 atom stereocenters. The van der Waals surface area contributed by atoms with Gasteiger partial charge in [-0.1, -0.05) is 6.92 Å². The summed E-state index contributed by atoms with van der Waals surface area (Å²) in [4.78, 5) is 10.7. The average molecular weight is 201 g/mol. The summed E-state index contributed by atoms with van der Waals surface area (Å²) in [7, 11) is 0. The smallest absolute Gasteiger partial charge is 0.0736 e. The molecule has 0 aliphatic carbocycles. The number of hydrogen-bond acceptors (Lipinski definition) is 4. The van der Waals surface area contributed by atoms with Crippen LogP contribution < -0.4 is 5.11 Å². The summed E-state index contributed by atoms with van der Waals surface area (Å²) in [5, 5.41) is 19.5. The van der Waals surface area contributed by atoms with Crippen molar-refractivity contribution in [2.24, 2.45) is 5.92 Å². The van der Waals surface area contributed by atoms with Crippen LogP contribution in [0.2, 0.25) is 0 Å². The molecule has 0 saturated carbocycles. The molecule has 0 amide bonds. The Bertz CT molecular complexity index is 216. The molecule has 1 saturated heterocycles. The Morgan fingerprint density at radius 1 is 1.79 bits per heavy atom. The normalized spacial score (nSPS) is 34.4. The fraction of sp³-hybridized carbons (Fsp3) is 0.900. The lowest BCUT2D eigenvalue weighted by Gasteiger charge is -2.32. The molecule has 1 heterocycles. The van der Waals surface area contributed by atoms with Gasteiger partial charge in [0.15, 0.2) is 0 Å².